The van der Waals surface area contributed by atoms with E-state index in [1.54, 1.807) is 4.90 Å². The van der Waals surface area contributed by atoms with Gasteiger partial charge in [-0.25, -0.2) is 4.79 Å². The minimum atomic E-state index is -0.893. The molecule has 1 aromatic rings. The average molecular weight is 496 g/mol. The van der Waals surface area contributed by atoms with Crippen molar-refractivity contribution in [1.29, 1.82) is 0 Å². The molecule has 3 amide bonds. The fourth-order valence-electron chi connectivity index (χ4n) is 3.43. The number of carbonyl (C=O) groups is 4. The quantitative estimate of drug-likeness (QED) is 0.511. The van der Waals surface area contributed by atoms with Gasteiger partial charge in [-0.05, 0) is 31.2 Å². The standard InChI is InChI=1S/C22H30BrN3O5/c1-14(2)19(21(29)26-11-7-10-17(26)18(27)12-23)25-20(28)15(3)24-22(30)31-13-16-8-5-4-6-9-16/h4-6,8-9,14-15,17,19H,7,10-13H2,1-3H3,(H,24,30)(H,25,28)/t15-,17-,19-/m0/s1. The highest BCUT2D eigenvalue weighted by atomic mass is 79.9. The summed E-state index contributed by atoms with van der Waals surface area (Å²) in [5, 5.41) is 5.39. The van der Waals surface area contributed by atoms with Gasteiger partial charge in [0.05, 0.1) is 11.4 Å². The van der Waals surface area contributed by atoms with Crippen LogP contribution in [0.4, 0.5) is 4.79 Å². The van der Waals surface area contributed by atoms with Crippen LogP contribution in [0.25, 0.3) is 0 Å². The number of carbonyl (C=O) groups excluding carboxylic acids is 4. The van der Waals surface area contributed by atoms with Gasteiger partial charge in [-0.2, -0.15) is 0 Å². The van der Waals surface area contributed by atoms with E-state index in [9.17, 15) is 19.2 Å². The number of benzene rings is 1. The number of ether oxygens (including phenoxy) is 1. The van der Waals surface area contributed by atoms with Crippen LogP contribution in [0.3, 0.4) is 0 Å². The molecule has 170 valence electrons. The van der Waals surface area contributed by atoms with Crippen LogP contribution in [0.15, 0.2) is 30.3 Å². The number of nitrogens with zero attached hydrogens (tertiary/aromatic N) is 1. The van der Waals surface area contributed by atoms with Crippen LogP contribution in [0.2, 0.25) is 0 Å². The van der Waals surface area contributed by atoms with Crippen molar-refractivity contribution in [1.82, 2.24) is 15.5 Å². The molecular formula is C22H30BrN3O5. The third-order valence-electron chi connectivity index (χ3n) is 5.21. The molecule has 1 heterocycles. The monoisotopic (exact) mass is 495 g/mol. The van der Waals surface area contributed by atoms with Crippen LogP contribution >= 0.6 is 15.9 Å². The maximum atomic E-state index is 13.1. The van der Waals surface area contributed by atoms with Crippen LogP contribution in [0.1, 0.15) is 39.2 Å². The van der Waals surface area contributed by atoms with Crippen LogP contribution in [0, 0.1) is 5.92 Å². The molecule has 1 saturated heterocycles. The molecule has 3 atom stereocenters. The first-order chi connectivity index (χ1) is 14.7. The van der Waals surface area contributed by atoms with Crippen molar-refractivity contribution >= 4 is 39.6 Å². The largest absolute Gasteiger partial charge is 0.445 e. The summed E-state index contributed by atoms with van der Waals surface area (Å²) < 4.78 is 5.14. The molecule has 0 radical (unpaired) electrons. The molecule has 0 saturated carbocycles. The van der Waals surface area contributed by atoms with E-state index >= 15 is 0 Å². The lowest BCUT2D eigenvalue weighted by Gasteiger charge is -2.31. The lowest BCUT2D eigenvalue weighted by molar-refractivity contribution is -0.141. The van der Waals surface area contributed by atoms with Crippen LogP contribution in [-0.2, 0) is 25.7 Å². The molecule has 0 aromatic heterocycles. The number of likely N-dealkylation sites (tertiary alicyclic amines) is 1. The van der Waals surface area contributed by atoms with Crippen molar-refractivity contribution in [2.75, 3.05) is 11.9 Å². The van der Waals surface area contributed by atoms with E-state index in [0.717, 1.165) is 12.0 Å². The lowest BCUT2D eigenvalue weighted by atomic mass is 10.0. The Morgan fingerprint density at radius 3 is 2.42 bits per heavy atom. The number of Topliss-reactive ketones (excluding diaryl/α,β-unsaturated/α-hetero) is 1. The molecule has 0 unspecified atom stereocenters. The summed E-state index contributed by atoms with van der Waals surface area (Å²) in [6.07, 6.45) is 0.653. The van der Waals surface area contributed by atoms with E-state index in [0.29, 0.717) is 13.0 Å². The van der Waals surface area contributed by atoms with Crippen LogP contribution in [-0.4, -0.2) is 58.6 Å². The predicted molar refractivity (Wildman–Crippen MR) is 120 cm³/mol. The van der Waals surface area contributed by atoms with Gasteiger partial charge in [0, 0.05) is 6.54 Å². The summed E-state index contributed by atoms with van der Waals surface area (Å²) in [6, 6.07) is 7.05. The zero-order chi connectivity index (χ0) is 23.0. The summed E-state index contributed by atoms with van der Waals surface area (Å²) in [4.78, 5) is 51.4. The minimum Gasteiger partial charge on any atom is -0.445 e. The molecule has 2 rings (SSSR count). The van der Waals surface area contributed by atoms with E-state index in [1.165, 1.54) is 6.92 Å². The van der Waals surface area contributed by atoms with Gasteiger partial charge >= 0.3 is 6.09 Å². The Morgan fingerprint density at radius 2 is 1.81 bits per heavy atom. The summed E-state index contributed by atoms with van der Waals surface area (Å²) in [6.45, 7) is 5.75. The van der Waals surface area contributed by atoms with Crippen molar-refractivity contribution < 1.29 is 23.9 Å². The SMILES string of the molecule is CC(C)[C@H](NC(=O)[C@H](C)NC(=O)OCc1ccccc1)C(=O)N1CCC[C@H]1C(=O)CBr. The van der Waals surface area contributed by atoms with Crippen molar-refractivity contribution in [2.45, 2.75) is 58.3 Å². The predicted octanol–water partition coefficient (Wildman–Crippen LogP) is 2.40. The Kier molecular flexibility index (Phi) is 9.48. The van der Waals surface area contributed by atoms with E-state index in [2.05, 4.69) is 26.6 Å². The molecule has 8 nitrogen and oxygen atoms in total. The molecule has 1 aromatic carbocycles. The Labute approximate surface area is 191 Å². The Hall–Kier alpha value is -2.42. The lowest BCUT2D eigenvalue weighted by Crippen LogP contribution is -2.57. The zero-order valence-corrected chi connectivity index (χ0v) is 19.7. The highest BCUT2D eigenvalue weighted by Crippen LogP contribution is 2.21. The molecule has 1 aliphatic rings. The minimum absolute atomic E-state index is 0.0455. The third-order valence-corrected chi connectivity index (χ3v) is 5.76. The fourth-order valence-corrected chi connectivity index (χ4v) is 3.81. The highest BCUT2D eigenvalue weighted by molar-refractivity contribution is 9.09. The molecule has 31 heavy (non-hydrogen) atoms. The van der Waals surface area contributed by atoms with Gasteiger partial charge in [-0.1, -0.05) is 60.1 Å². The first-order valence-electron chi connectivity index (χ1n) is 10.4. The van der Waals surface area contributed by atoms with Gasteiger partial charge < -0.3 is 20.3 Å². The molecule has 1 aliphatic heterocycles. The van der Waals surface area contributed by atoms with E-state index in [4.69, 9.17) is 4.74 Å². The maximum absolute atomic E-state index is 13.1. The van der Waals surface area contributed by atoms with Crippen molar-refractivity contribution in [3.63, 3.8) is 0 Å². The maximum Gasteiger partial charge on any atom is 0.408 e. The second kappa shape index (κ2) is 11.8. The number of hydrogen-bond acceptors (Lipinski definition) is 5. The number of ketones is 1. The second-order valence-electron chi connectivity index (χ2n) is 7.95. The third kappa shape index (κ3) is 7.05. The van der Waals surface area contributed by atoms with E-state index in [-0.39, 0.29) is 29.5 Å². The molecule has 0 spiro atoms. The highest BCUT2D eigenvalue weighted by Gasteiger charge is 2.38. The topological polar surface area (TPSA) is 105 Å². The number of amides is 3. The van der Waals surface area contributed by atoms with Crippen molar-refractivity contribution in [3.8, 4) is 0 Å². The fraction of sp³-hybridized carbons (Fsp3) is 0.545. The molecule has 1 fully saturated rings. The van der Waals surface area contributed by atoms with Gasteiger partial charge in [0.2, 0.25) is 11.8 Å². The first-order valence-corrected chi connectivity index (χ1v) is 11.5. The van der Waals surface area contributed by atoms with Gasteiger partial charge in [0.25, 0.3) is 0 Å². The van der Waals surface area contributed by atoms with Gasteiger partial charge in [-0.15, -0.1) is 0 Å². The van der Waals surface area contributed by atoms with Crippen molar-refractivity contribution in [2.24, 2.45) is 5.92 Å². The number of nitrogens with one attached hydrogen (secondary N) is 2. The first kappa shape index (κ1) is 24.8. The normalized spacial score (nSPS) is 17.7. The Balaban J connectivity index is 1.92. The van der Waals surface area contributed by atoms with Gasteiger partial charge in [0.15, 0.2) is 5.78 Å². The molecule has 0 bridgehead atoms. The van der Waals surface area contributed by atoms with E-state index < -0.39 is 30.1 Å². The molecule has 9 heteroatoms. The molecule has 0 aliphatic carbocycles. The van der Waals surface area contributed by atoms with Crippen molar-refractivity contribution in [3.05, 3.63) is 35.9 Å². The summed E-state index contributed by atoms with van der Waals surface area (Å²) in [7, 11) is 0. The number of alkyl halides is 1. The molecule has 2 N–H and O–H groups in total. The van der Waals surface area contributed by atoms with E-state index in [1.807, 2.05) is 44.2 Å². The summed E-state index contributed by atoms with van der Waals surface area (Å²) in [5.41, 5.74) is 0.832. The number of rotatable bonds is 9. The van der Waals surface area contributed by atoms with Crippen LogP contribution in [0.5, 0.6) is 0 Å². The van der Waals surface area contributed by atoms with Crippen LogP contribution < -0.4 is 10.6 Å². The van der Waals surface area contributed by atoms with Gasteiger partial charge in [-0.3, -0.25) is 14.4 Å². The van der Waals surface area contributed by atoms with Gasteiger partial charge in [0.1, 0.15) is 18.7 Å². The molecular weight excluding hydrogens is 466 g/mol. The summed E-state index contributed by atoms with van der Waals surface area (Å²) in [5.74, 6) is -1.00. The Morgan fingerprint density at radius 1 is 1.13 bits per heavy atom. The second-order valence-corrected chi connectivity index (χ2v) is 8.51. The average Bonchev–Trinajstić information content (AvgIpc) is 3.25. The smallest absolute Gasteiger partial charge is 0.408 e. The zero-order valence-electron chi connectivity index (χ0n) is 18.1. The number of alkyl carbamates (subject to hydrolysis) is 1. The Bertz CT molecular complexity index is 787. The number of hydrogen-bond donors (Lipinski definition) is 2. The number of halogens is 1. The summed E-state index contributed by atoms with van der Waals surface area (Å²) >= 11 is 3.17.